The van der Waals surface area contributed by atoms with Gasteiger partial charge in [-0.25, -0.2) is 8.78 Å². The lowest BCUT2D eigenvalue weighted by Crippen LogP contribution is -2.50. The van der Waals surface area contributed by atoms with E-state index in [0.717, 1.165) is 37.4 Å². The summed E-state index contributed by atoms with van der Waals surface area (Å²) in [5.74, 6) is -1.69. The minimum Gasteiger partial charge on any atom is -0.351 e. The third kappa shape index (κ3) is 4.88. The highest BCUT2D eigenvalue weighted by Gasteiger charge is 2.28. The zero-order valence-corrected chi connectivity index (χ0v) is 14.7. The lowest BCUT2D eigenvalue weighted by Gasteiger charge is -2.33. The molecule has 1 aliphatic heterocycles. The molecule has 1 amide bonds. The van der Waals surface area contributed by atoms with Crippen LogP contribution in [0.15, 0.2) is 48.5 Å². The van der Waals surface area contributed by atoms with Crippen molar-refractivity contribution in [2.45, 2.75) is 37.6 Å². The Kier molecular flexibility index (Phi) is 6.34. The van der Waals surface area contributed by atoms with Crippen molar-refractivity contribution in [3.8, 4) is 0 Å². The zero-order chi connectivity index (χ0) is 18.4. The molecule has 0 aliphatic carbocycles. The van der Waals surface area contributed by atoms with Crippen molar-refractivity contribution in [1.29, 1.82) is 0 Å². The highest BCUT2D eigenvalue weighted by Crippen LogP contribution is 2.27. The molecule has 2 aromatic rings. The van der Waals surface area contributed by atoms with Crippen molar-refractivity contribution < 1.29 is 13.6 Å². The standard InChI is InChI=1S/C21H24F2N2O/c22-18-10-9-16(13-19(18)23)17-11-12-24-14-20(17)25-21(26)8-4-7-15-5-2-1-3-6-15/h1-3,5-6,9-10,13,17,20,24H,4,7-8,11-12,14H2,(H,25,26). The summed E-state index contributed by atoms with van der Waals surface area (Å²) in [5, 5.41) is 6.34. The number of carbonyl (C=O) groups is 1. The fourth-order valence-corrected chi connectivity index (χ4v) is 3.53. The first-order valence-electron chi connectivity index (χ1n) is 9.12. The lowest BCUT2D eigenvalue weighted by molar-refractivity contribution is -0.122. The van der Waals surface area contributed by atoms with Gasteiger partial charge >= 0.3 is 0 Å². The number of aryl methyl sites for hydroxylation is 1. The number of halogens is 2. The molecule has 0 radical (unpaired) electrons. The molecule has 5 heteroatoms. The van der Waals surface area contributed by atoms with E-state index in [-0.39, 0.29) is 17.9 Å². The van der Waals surface area contributed by atoms with Crippen LogP contribution in [0.2, 0.25) is 0 Å². The summed E-state index contributed by atoms with van der Waals surface area (Å²) in [6.45, 7) is 1.43. The fraction of sp³-hybridized carbons (Fsp3) is 0.381. The second-order valence-corrected chi connectivity index (χ2v) is 6.79. The molecule has 2 unspecified atom stereocenters. The van der Waals surface area contributed by atoms with Gasteiger partial charge in [0.25, 0.3) is 0 Å². The van der Waals surface area contributed by atoms with Crippen molar-refractivity contribution in [1.82, 2.24) is 10.6 Å². The second kappa shape index (κ2) is 8.90. The van der Waals surface area contributed by atoms with Crippen LogP contribution in [-0.2, 0) is 11.2 Å². The number of nitrogens with one attached hydrogen (secondary N) is 2. The van der Waals surface area contributed by atoms with Crippen LogP contribution in [0, 0.1) is 11.6 Å². The number of carbonyl (C=O) groups excluding carboxylic acids is 1. The van der Waals surface area contributed by atoms with Crippen molar-refractivity contribution in [3.63, 3.8) is 0 Å². The van der Waals surface area contributed by atoms with Gasteiger partial charge in [0.2, 0.25) is 5.91 Å². The van der Waals surface area contributed by atoms with Crippen LogP contribution in [0.3, 0.4) is 0 Å². The van der Waals surface area contributed by atoms with E-state index in [4.69, 9.17) is 0 Å². The molecule has 0 spiro atoms. The van der Waals surface area contributed by atoms with Gasteiger partial charge in [-0.3, -0.25) is 4.79 Å². The highest BCUT2D eigenvalue weighted by molar-refractivity contribution is 5.76. The van der Waals surface area contributed by atoms with Gasteiger partial charge in [-0.1, -0.05) is 36.4 Å². The quantitative estimate of drug-likeness (QED) is 0.829. The molecule has 3 nitrogen and oxygen atoms in total. The first-order valence-corrected chi connectivity index (χ1v) is 9.12. The van der Waals surface area contributed by atoms with E-state index in [2.05, 4.69) is 22.8 Å². The van der Waals surface area contributed by atoms with Gasteiger partial charge < -0.3 is 10.6 Å². The van der Waals surface area contributed by atoms with Gasteiger partial charge in [0, 0.05) is 24.9 Å². The number of rotatable bonds is 6. The smallest absolute Gasteiger partial charge is 0.220 e. The summed E-state index contributed by atoms with van der Waals surface area (Å²) < 4.78 is 26.8. The molecule has 1 heterocycles. The Morgan fingerprint density at radius 1 is 1.12 bits per heavy atom. The third-order valence-electron chi connectivity index (χ3n) is 4.91. The summed E-state index contributed by atoms with van der Waals surface area (Å²) in [4.78, 5) is 12.3. The summed E-state index contributed by atoms with van der Waals surface area (Å²) in [7, 11) is 0. The van der Waals surface area contributed by atoms with Crippen LogP contribution < -0.4 is 10.6 Å². The number of hydrogen-bond acceptors (Lipinski definition) is 2. The molecule has 3 rings (SSSR count). The van der Waals surface area contributed by atoms with Gasteiger partial charge in [-0.05, 0) is 49.1 Å². The first kappa shape index (κ1) is 18.5. The van der Waals surface area contributed by atoms with Crippen LogP contribution in [0.25, 0.3) is 0 Å². The normalized spacial score (nSPS) is 19.9. The summed E-state index contributed by atoms with van der Waals surface area (Å²) in [6, 6.07) is 14.0. The van der Waals surface area contributed by atoms with Crippen LogP contribution >= 0.6 is 0 Å². The minimum atomic E-state index is -0.843. The molecule has 0 aromatic heterocycles. The molecule has 2 aromatic carbocycles. The topological polar surface area (TPSA) is 41.1 Å². The molecule has 2 N–H and O–H groups in total. The van der Waals surface area contributed by atoms with E-state index in [1.54, 1.807) is 6.07 Å². The van der Waals surface area contributed by atoms with Gasteiger partial charge in [0.15, 0.2) is 11.6 Å². The maximum absolute atomic E-state index is 13.6. The molecule has 2 atom stereocenters. The van der Waals surface area contributed by atoms with Gasteiger partial charge in [-0.15, -0.1) is 0 Å². The van der Waals surface area contributed by atoms with Crippen molar-refractivity contribution in [2.75, 3.05) is 13.1 Å². The summed E-state index contributed by atoms with van der Waals surface area (Å²) in [6.07, 6.45) is 2.88. The SMILES string of the molecule is O=C(CCCc1ccccc1)NC1CNCCC1c1ccc(F)c(F)c1. The van der Waals surface area contributed by atoms with Crippen LogP contribution in [0.4, 0.5) is 8.78 Å². The summed E-state index contributed by atoms with van der Waals surface area (Å²) in [5.41, 5.74) is 1.96. The lowest BCUT2D eigenvalue weighted by atomic mass is 9.86. The van der Waals surface area contributed by atoms with Crippen LogP contribution in [0.5, 0.6) is 0 Å². The first-order chi connectivity index (χ1) is 12.6. The maximum atomic E-state index is 13.6. The molecular weight excluding hydrogens is 334 g/mol. The Morgan fingerprint density at radius 2 is 1.92 bits per heavy atom. The van der Waals surface area contributed by atoms with E-state index in [9.17, 15) is 13.6 Å². The van der Waals surface area contributed by atoms with Crippen molar-refractivity contribution >= 4 is 5.91 Å². The monoisotopic (exact) mass is 358 g/mol. The zero-order valence-electron chi connectivity index (χ0n) is 14.7. The predicted molar refractivity (Wildman–Crippen MR) is 97.9 cm³/mol. The Balaban J connectivity index is 1.55. The maximum Gasteiger partial charge on any atom is 0.220 e. The number of piperidine rings is 1. The molecule has 0 bridgehead atoms. The summed E-state index contributed by atoms with van der Waals surface area (Å²) >= 11 is 0. The molecule has 1 saturated heterocycles. The van der Waals surface area contributed by atoms with E-state index in [1.165, 1.54) is 11.6 Å². The average Bonchev–Trinajstić information content (AvgIpc) is 2.65. The van der Waals surface area contributed by atoms with Gasteiger partial charge in [0.1, 0.15) is 0 Å². The van der Waals surface area contributed by atoms with Crippen LogP contribution in [-0.4, -0.2) is 25.0 Å². The Morgan fingerprint density at radius 3 is 2.69 bits per heavy atom. The van der Waals surface area contributed by atoms with E-state index >= 15 is 0 Å². The molecule has 0 saturated carbocycles. The predicted octanol–water partition coefficient (Wildman–Crippen LogP) is 3.55. The van der Waals surface area contributed by atoms with E-state index < -0.39 is 11.6 Å². The third-order valence-corrected chi connectivity index (χ3v) is 4.91. The fourth-order valence-electron chi connectivity index (χ4n) is 3.53. The second-order valence-electron chi connectivity index (χ2n) is 6.79. The Labute approximate surface area is 152 Å². The van der Waals surface area contributed by atoms with Gasteiger partial charge in [-0.2, -0.15) is 0 Å². The van der Waals surface area contributed by atoms with Crippen molar-refractivity contribution in [3.05, 3.63) is 71.3 Å². The van der Waals surface area contributed by atoms with E-state index in [1.807, 2.05) is 18.2 Å². The number of benzene rings is 2. The van der Waals surface area contributed by atoms with E-state index in [0.29, 0.717) is 13.0 Å². The number of amides is 1. The minimum absolute atomic E-state index is 0.00205. The Hall–Kier alpha value is -2.27. The molecular formula is C21H24F2N2O. The Bertz CT molecular complexity index is 736. The van der Waals surface area contributed by atoms with Gasteiger partial charge in [0.05, 0.1) is 0 Å². The van der Waals surface area contributed by atoms with Crippen LogP contribution in [0.1, 0.15) is 36.3 Å². The molecule has 138 valence electrons. The molecule has 26 heavy (non-hydrogen) atoms. The number of hydrogen-bond donors (Lipinski definition) is 2. The average molecular weight is 358 g/mol. The van der Waals surface area contributed by atoms with Crippen molar-refractivity contribution in [2.24, 2.45) is 0 Å². The molecule has 1 fully saturated rings. The highest BCUT2D eigenvalue weighted by atomic mass is 19.2. The molecule has 1 aliphatic rings. The largest absolute Gasteiger partial charge is 0.351 e.